The Morgan fingerprint density at radius 3 is 1.65 bits per heavy atom. The van der Waals surface area contributed by atoms with Crippen LogP contribution in [0.25, 0.3) is 0 Å². The Hall–Kier alpha value is -0.0400. The summed E-state index contributed by atoms with van der Waals surface area (Å²) >= 11 is 0. The van der Waals surface area contributed by atoms with Gasteiger partial charge in [-0.25, -0.2) is 0 Å². The zero-order valence-corrected chi connectivity index (χ0v) is 11.5. The van der Waals surface area contributed by atoms with Crippen molar-refractivity contribution in [1.82, 2.24) is 0 Å². The van der Waals surface area contributed by atoms with Gasteiger partial charge >= 0.3 is 0 Å². The second-order valence-corrected chi connectivity index (χ2v) is 6.53. The SMILES string of the molecule is CCC[C@H]1CC[C@H](C2CCC(CO)CC2)CC1. The molecule has 0 atom stereocenters. The van der Waals surface area contributed by atoms with Crippen molar-refractivity contribution in [1.29, 1.82) is 0 Å². The Labute approximate surface area is 107 Å². The van der Waals surface area contributed by atoms with E-state index in [0.29, 0.717) is 12.5 Å². The largest absolute Gasteiger partial charge is 0.396 e. The average Bonchev–Trinajstić information content (AvgIpc) is 2.40. The van der Waals surface area contributed by atoms with Crippen LogP contribution in [0.15, 0.2) is 0 Å². The molecule has 2 aliphatic carbocycles. The molecule has 0 saturated heterocycles. The third-order valence-corrected chi connectivity index (χ3v) is 5.40. The maximum absolute atomic E-state index is 9.18. The van der Waals surface area contributed by atoms with Crippen LogP contribution in [0.3, 0.4) is 0 Å². The maximum atomic E-state index is 9.18. The maximum Gasteiger partial charge on any atom is 0.0459 e. The first kappa shape index (κ1) is 13.4. The van der Waals surface area contributed by atoms with Gasteiger partial charge < -0.3 is 5.11 Å². The van der Waals surface area contributed by atoms with Crippen LogP contribution < -0.4 is 0 Å². The second kappa shape index (κ2) is 6.78. The molecule has 100 valence electrons. The third-order valence-electron chi connectivity index (χ3n) is 5.40. The van der Waals surface area contributed by atoms with Crippen molar-refractivity contribution in [2.45, 2.75) is 71.1 Å². The molecule has 1 heteroatoms. The molecule has 0 aliphatic heterocycles. The van der Waals surface area contributed by atoms with Gasteiger partial charge in [-0.1, -0.05) is 32.6 Å². The smallest absolute Gasteiger partial charge is 0.0459 e. The van der Waals surface area contributed by atoms with Crippen molar-refractivity contribution >= 4 is 0 Å². The van der Waals surface area contributed by atoms with Crippen LogP contribution in [0, 0.1) is 23.7 Å². The van der Waals surface area contributed by atoms with E-state index >= 15 is 0 Å². The molecule has 2 aliphatic rings. The van der Waals surface area contributed by atoms with Gasteiger partial charge in [0.25, 0.3) is 0 Å². The molecule has 2 saturated carbocycles. The summed E-state index contributed by atoms with van der Waals surface area (Å²) in [4.78, 5) is 0. The van der Waals surface area contributed by atoms with Gasteiger partial charge in [0.2, 0.25) is 0 Å². The summed E-state index contributed by atoms with van der Waals surface area (Å²) in [5.41, 5.74) is 0. The predicted octanol–water partition coefficient (Wildman–Crippen LogP) is 4.39. The molecule has 2 fully saturated rings. The highest BCUT2D eigenvalue weighted by Crippen LogP contribution is 2.41. The van der Waals surface area contributed by atoms with E-state index in [1.807, 2.05) is 0 Å². The molecule has 0 amide bonds. The van der Waals surface area contributed by atoms with E-state index in [0.717, 1.165) is 17.8 Å². The fraction of sp³-hybridized carbons (Fsp3) is 1.00. The van der Waals surface area contributed by atoms with Gasteiger partial charge in [-0.2, -0.15) is 0 Å². The molecule has 0 spiro atoms. The van der Waals surface area contributed by atoms with Crippen molar-refractivity contribution in [3.8, 4) is 0 Å². The number of rotatable bonds is 4. The third kappa shape index (κ3) is 3.71. The van der Waals surface area contributed by atoms with Crippen LogP contribution in [0.4, 0.5) is 0 Å². The summed E-state index contributed by atoms with van der Waals surface area (Å²) < 4.78 is 0. The van der Waals surface area contributed by atoms with Crippen LogP contribution in [-0.2, 0) is 0 Å². The van der Waals surface area contributed by atoms with Gasteiger partial charge in [0.1, 0.15) is 0 Å². The van der Waals surface area contributed by atoms with Gasteiger partial charge in [0.15, 0.2) is 0 Å². The molecule has 1 nitrogen and oxygen atoms in total. The minimum absolute atomic E-state index is 0.427. The first-order chi connectivity index (χ1) is 8.33. The van der Waals surface area contributed by atoms with Crippen LogP contribution >= 0.6 is 0 Å². The second-order valence-electron chi connectivity index (χ2n) is 6.53. The lowest BCUT2D eigenvalue weighted by Gasteiger charge is -2.37. The van der Waals surface area contributed by atoms with Gasteiger partial charge in [0.05, 0.1) is 0 Å². The van der Waals surface area contributed by atoms with Crippen molar-refractivity contribution in [2.75, 3.05) is 6.61 Å². The zero-order valence-electron chi connectivity index (χ0n) is 11.5. The standard InChI is InChI=1S/C16H30O/c1-2-3-13-4-8-15(9-5-13)16-10-6-14(12-17)7-11-16/h13-17H,2-12H2,1H3/t13-,14?,15-,16?. The Morgan fingerprint density at radius 2 is 1.24 bits per heavy atom. The monoisotopic (exact) mass is 238 g/mol. The Balaban J connectivity index is 1.70. The van der Waals surface area contributed by atoms with Gasteiger partial charge in [-0.3, -0.25) is 0 Å². The van der Waals surface area contributed by atoms with Crippen LogP contribution in [0.2, 0.25) is 0 Å². The van der Waals surface area contributed by atoms with E-state index in [2.05, 4.69) is 6.92 Å². The topological polar surface area (TPSA) is 20.2 Å². The van der Waals surface area contributed by atoms with E-state index in [1.165, 1.54) is 64.2 Å². The first-order valence-corrected chi connectivity index (χ1v) is 7.94. The molecular formula is C16H30O. The highest BCUT2D eigenvalue weighted by Gasteiger charge is 2.30. The van der Waals surface area contributed by atoms with Crippen molar-refractivity contribution in [2.24, 2.45) is 23.7 Å². The Morgan fingerprint density at radius 1 is 0.765 bits per heavy atom. The molecule has 0 aromatic heterocycles. The van der Waals surface area contributed by atoms with Gasteiger partial charge in [-0.05, 0) is 62.2 Å². The zero-order chi connectivity index (χ0) is 12.1. The molecule has 2 rings (SSSR count). The molecular weight excluding hydrogens is 208 g/mol. The molecule has 0 unspecified atom stereocenters. The number of hydrogen-bond acceptors (Lipinski definition) is 1. The fourth-order valence-electron chi connectivity index (χ4n) is 4.20. The van der Waals surface area contributed by atoms with Gasteiger partial charge in [0, 0.05) is 6.61 Å². The molecule has 1 N–H and O–H groups in total. The molecule has 0 radical (unpaired) electrons. The highest BCUT2D eigenvalue weighted by atomic mass is 16.3. The fourth-order valence-corrected chi connectivity index (χ4v) is 4.20. The lowest BCUT2D eigenvalue weighted by atomic mass is 9.69. The summed E-state index contributed by atoms with van der Waals surface area (Å²) in [5.74, 6) is 3.70. The lowest BCUT2D eigenvalue weighted by molar-refractivity contribution is 0.115. The summed E-state index contributed by atoms with van der Waals surface area (Å²) in [6.45, 7) is 2.75. The Bertz CT molecular complexity index is 198. The lowest BCUT2D eigenvalue weighted by Crippen LogP contribution is -2.26. The van der Waals surface area contributed by atoms with E-state index in [9.17, 15) is 5.11 Å². The summed E-state index contributed by atoms with van der Waals surface area (Å²) in [5, 5.41) is 9.18. The van der Waals surface area contributed by atoms with Crippen molar-refractivity contribution < 1.29 is 5.11 Å². The highest BCUT2D eigenvalue weighted by molar-refractivity contribution is 4.81. The number of aliphatic hydroxyl groups is 1. The van der Waals surface area contributed by atoms with Gasteiger partial charge in [-0.15, -0.1) is 0 Å². The minimum Gasteiger partial charge on any atom is -0.396 e. The summed E-state index contributed by atoms with van der Waals surface area (Å²) in [6, 6.07) is 0. The molecule has 0 bridgehead atoms. The predicted molar refractivity (Wildman–Crippen MR) is 72.9 cm³/mol. The van der Waals surface area contributed by atoms with E-state index in [-0.39, 0.29) is 0 Å². The van der Waals surface area contributed by atoms with Crippen LogP contribution in [0.5, 0.6) is 0 Å². The van der Waals surface area contributed by atoms with Crippen LogP contribution in [-0.4, -0.2) is 11.7 Å². The molecule has 17 heavy (non-hydrogen) atoms. The van der Waals surface area contributed by atoms with E-state index in [1.54, 1.807) is 0 Å². The first-order valence-electron chi connectivity index (χ1n) is 7.94. The number of hydrogen-bond donors (Lipinski definition) is 1. The number of aliphatic hydroxyl groups excluding tert-OH is 1. The minimum atomic E-state index is 0.427. The van der Waals surface area contributed by atoms with Crippen molar-refractivity contribution in [3.63, 3.8) is 0 Å². The van der Waals surface area contributed by atoms with Crippen LogP contribution in [0.1, 0.15) is 71.1 Å². The average molecular weight is 238 g/mol. The molecule has 0 aromatic rings. The van der Waals surface area contributed by atoms with E-state index < -0.39 is 0 Å². The molecule has 0 heterocycles. The normalized spacial score (nSPS) is 39.2. The molecule has 0 aromatic carbocycles. The summed E-state index contributed by atoms with van der Waals surface area (Å²) in [7, 11) is 0. The quantitative estimate of drug-likeness (QED) is 0.770. The summed E-state index contributed by atoms with van der Waals surface area (Å²) in [6.07, 6.45) is 14.2. The van der Waals surface area contributed by atoms with Crippen molar-refractivity contribution in [3.05, 3.63) is 0 Å². The Kier molecular flexibility index (Phi) is 5.34. The van der Waals surface area contributed by atoms with E-state index in [4.69, 9.17) is 0 Å².